The van der Waals surface area contributed by atoms with Crippen molar-refractivity contribution in [1.29, 1.82) is 0 Å². The number of carbonyl (C=O) groups excluding carboxylic acids is 2. The molecule has 1 aromatic heterocycles. The standard InChI is InChI=1S/C21H21F2N3O2/c22-15-4-1-3-14(11-15)19(27)25-17-5-2-7-21(13-17)8-10-26(20(21)28)18-12-16(23)6-9-24-18/h1,3-4,6,9,11-12,17H,2,5,7-8,10,13H2,(H,25,27)/t17-,21-/m0/s1. The fourth-order valence-electron chi connectivity index (χ4n) is 4.39. The highest BCUT2D eigenvalue weighted by Crippen LogP contribution is 2.45. The van der Waals surface area contributed by atoms with E-state index in [1.54, 1.807) is 11.0 Å². The molecule has 0 bridgehead atoms. The molecule has 1 saturated carbocycles. The van der Waals surface area contributed by atoms with E-state index in [1.165, 1.54) is 36.5 Å². The van der Waals surface area contributed by atoms with E-state index in [9.17, 15) is 18.4 Å². The van der Waals surface area contributed by atoms with Crippen LogP contribution in [0.2, 0.25) is 0 Å². The number of amides is 2. The van der Waals surface area contributed by atoms with Crippen LogP contribution in [0.15, 0.2) is 42.6 Å². The summed E-state index contributed by atoms with van der Waals surface area (Å²) in [6.45, 7) is 0.486. The molecular weight excluding hydrogens is 364 g/mol. The molecule has 0 unspecified atom stereocenters. The van der Waals surface area contributed by atoms with Crippen LogP contribution in [0.25, 0.3) is 0 Å². The maximum Gasteiger partial charge on any atom is 0.251 e. The van der Waals surface area contributed by atoms with Crippen molar-refractivity contribution in [1.82, 2.24) is 10.3 Å². The van der Waals surface area contributed by atoms with E-state index >= 15 is 0 Å². The second-order valence-electron chi connectivity index (χ2n) is 7.60. The van der Waals surface area contributed by atoms with Crippen molar-refractivity contribution in [2.45, 2.75) is 38.1 Å². The Balaban J connectivity index is 1.47. The molecule has 7 heteroatoms. The lowest BCUT2D eigenvalue weighted by Gasteiger charge is -2.36. The monoisotopic (exact) mass is 385 g/mol. The Kier molecular flexibility index (Phi) is 4.83. The van der Waals surface area contributed by atoms with Gasteiger partial charge in [-0.2, -0.15) is 0 Å². The first-order valence-corrected chi connectivity index (χ1v) is 9.47. The largest absolute Gasteiger partial charge is 0.349 e. The fraction of sp³-hybridized carbons (Fsp3) is 0.381. The molecular formula is C21H21F2N3O2. The van der Waals surface area contributed by atoms with Crippen molar-refractivity contribution >= 4 is 17.6 Å². The van der Waals surface area contributed by atoms with Gasteiger partial charge in [0.25, 0.3) is 5.91 Å². The van der Waals surface area contributed by atoms with Crippen molar-refractivity contribution in [2.75, 3.05) is 11.4 Å². The van der Waals surface area contributed by atoms with Crippen LogP contribution >= 0.6 is 0 Å². The van der Waals surface area contributed by atoms with Crippen molar-refractivity contribution < 1.29 is 18.4 Å². The summed E-state index contributed by atoms with van der Waals surface area (Å²) in [5, 5.41) is 2.95. The highest BCUT2D eigenvalue weighted by Gasteiger charge is 2.50. The second kappa shape index (κ2) is 7.30. The number of anilines is 1. The smallest absolute Gasteiger partial charge is 0.251 e. The van der Waals surface area contributed by atoms with Crippen LogP contribution in [0.3, 0.4) is 0 Å². The summed E-state index contributed by atoms with van der Waals surface area (Å²) in [5.41, 5.74) is -0.297. The summed E-state index contributed by atoms with van der Waals surface area (Å²) >= 11 is 0. The summed E-state index contributed by atoms with van der Waals surface area (Å²) in [7, 11) is 0. The first kappa shape index (κ1) is 18.5. The van der Waals surface area contributed by atoms with Crippen LogP contribution < -0.4 is 10.2 Å². The van der Waals surface area contributed by atoms with Gasteiger partial charge in [-0.05, 0) is 49.9 Å². The molecule has 1 N–H and O–H groups in total. The number of nitrogens with one attached hydrogen (secondary N) is 1. The molecule has 28 heavy (non-hydrogen) atoms. The molecule has 1 aromatic carbocycles. The van der Waals surface area contributed by atoms with Crippen molar-refractivity contribution in [3.05, 3.63) is 59.8 Å². The lowest BCUT2D eigenvalue weighted by Crippen LogP contribution is -2.46. The topological polar surface area (TPSA) is 62.3 Å². The molecule has 1 aliphatic carbocycles. The van der Waals surface area contributed by atoms with Gasteiger partial charge in [0, 0.05) is 30.4 Å². The number of halogens is 2. The summed E-state index contributed by atoms with van der Waals surface area (Å²) in [6, 6.07) is 7.91. The van der Waals surface area contributed by atoms with E-state index in [0.29, 0.717) is 25.2 Å². The van der Waals surface area contributed by atoms with E-state index in [2.05, 4.69) is 10.3 Å². The molecule has 4 rings (SSSR count). The van der Waals surface area contributed by atoms with Crippen LogP contribution in [-0.4, -0.2) is 29.4 Å². The number of carbonyl (C=O) groups is 2. The zero-order valence-corrected chi connectivity index (χ0v) is 15.3. The van der Waals surface area contributed by atoms with Gasteiger partial charge in [0.1, 0.15) is 17.5 Å². The molecule has 2 atom stereocenters. The minimum atomic E-state index is -0.563. The van der Waals surface area contributed by atoms with Crippen LogP contribution in [0.4, 0.5) is 14.6 Å². The third-order valence-corrected chi connectivity index (χ3v) is 5.76. The highest BCUT2D eigenvalue weighted by molar-refractivity contribution is 5.99. The Labute approximate surface area is 161 Å². The zero-order valence-electron chi connectivity index (χ0n) is 15.3. The number of hydrogen-bond acceptors (Lipinski definition) is 3. The van der Waals surface area contributed by atoms with Gasteiger partial charge >= 0.3 is 0 Å². The number of pyridine rings is 1. The molecule has 1 aliphatic heterocycles. The molecule has 0 radical (unpaired) electrons. The Morgan fingerprint density at radius 3 is 2.79 bits per heavy atom. The van der Waals surface area contributed by atoms with Gasteiger partial charge in [0.15, 0.2) is 0 Å². The minimum Gasteiger partial charge on any atom is -0.349 e. The number of hydrogen-bond donors (Lipinski definition) is 1. The van der Waals surface area contributed by atoms with Crippen LogP contribution in [0.5, 0.6) is 0 Å². The summed E-state index contributed by atoms with van der Waals surface area (Å²) in [6.07, 6.45) is 4.85. The molecule has 2 aromatic rings. The molecule has 2 amide bonds. The van der Waals surface area contributed by atoms with Gasteiger partial charge in [0.05, 0.1) is 5.41 Å². The fourth-order valence-corrected chi connectivity index (χ4v) is 4.39. The Hall–Kier alpha value is -2.83. The maximum absolute atomic E-state index is 13.5. The summed E-state index contributed by atoms with van der Waals surface area (Å²) in [4.78, 5) is 31.3. The molecule has 146 valence electrons. The predicted molar refractivity (Wildman–Crippen MR) is 99.7 cm³/mol. The van der Waals surface area contributed by atoms with E-state index in [-0.39, 0.29) is 23.4 Å². The van der Waals surface area contributed by atoms with Gasteiger partial charge < -0.3 is 5.32 Å². The maximum atomic E-state index is 13.5. The average Bonchev–Trinajstić information content (AvgIpc) is 2.97. The Morgan fingerprint density at radius 1 is 1.18 bits per heavy atom. The predicted octanol–water partition coefficient (Wildman–Crippen LogP) is 3.46. The van der Waals surface area contributed by atoms with Crippen molar-refractivity contribution in [3.63, 3.8) is 0 Å². The molecule has 2 aliphatic rings. The highest BCUT2D eigenvalue weighted by atomic mass is 19.1. The number of nitrogens with zero attached hydrogens (tertiary/aromatic N) is 2. The number of aromatic nitrogens is 1. The quantitative estimate of drug-likeness (QED) is 0.880. The van der Waals surface area contributed by atoms with Crippen LogP contribution in [0.1, 0.15) is 42.5 Å². The first-order valence-electron chi connectivity index (χ1n) is 9.47. The third kappa shape index (κ3) is 3.48. The lowest BCUT2D eigenvalue weighted by molar-refractivity contribution is -0.127. The van der Waals surface area contributed by atoms with E-state index < -0.39 is 17.0 Å². The SMILES string of the molecule is O=C(N[C@H]1CCC[C@]2(CCN(c3cc(F)ccn3)C2=O)C1)c1cccc(F)c1. The van der Waals surface area contributed by atoms with Crippen molar-refractivity contribution in [3.8, 4) is 0 Å². The Morgan fingerprint density at radius 2 is 2.00 bits per heavy atom. The normalized spacial score (nSPS) is 24.6. The Bertz CT molecular complexity index is 920. The molecule has 2 fully saturated rings. The van der Waals surface area contributed by atoms with Gasteiger partial charge in [0.2, 0.25) is 5.91 Å². The van der Waals surface area contributed by atoms with Crippen LogP contribution in [0, 0.1) is 17.0 Å². The van der Waals surface area contributed by atoms with E-state index in [0.717, 1.165) is 19.3 Å². The summed E-state index contributed by atoms with van der Waals surface area (Å²) in [5.74, 6) is -0.960. The van der Waals surface area contributed by atoms with Gasteiger partial charge in [-0.25, -0.2) is 13.8 Å². The summed E-state index contributed by atoms with van der Waals surface area (Å²) < 4.78 is 26.9. The van der Waals surface area contributed by atoms with Crippen molar-refractivity contribution in [2.24, 2.45) is 5.41 Å². The lowest BCUT2D eigenvalue weighted by atomic mass is 9.71. The molecule has 5 nitrogen and oxygen atoms in total. The first-order chi connectivity index (χ1) is 13.5. The average molecular weight is 385 g/mol. The minimum absolute atomic E-state index is 0.0599. The zero-order chi connectivity index (χ0) is 19.7. The number of rotatable bonds is 3. The van der Waals surface area contributed by atoms with Gasteiger partial charge in [-0.3, -0.25) is 14.5 Å². The van der Waals surface area contributed by atoms with E-state index in [1.807, 2.05) is 0 Å². The van der Waals surface area contributed by atoms with Gasteiger partial charge in [-0.1, -0.05) is 12.5 Å². The molecule has 2 heterocycles. The molecule has 1 saturated heterocycles. The van der Waals surface area contributed by atoms with E-state index in [4.69, 9.17) is 0 Å². The number of benzene rings is 1. The van der Waals surface area contributed by atoms with Gasteiger partial charge in [-0.15, -0.1) is 0 Å². The molecule has 1 spiro atoms. The second-order valence-corrected chi connectivity index (χ2v) is 7.60. The van der Waals surface area contributed by atoms with Crippen LogP contribution in [-0.2, 0) is 4.79 Å². The third-order valence-electron chi connectivity index (χ3n) is 5.76.